The van der Waals surface area contributed by atoms with E-state index in [2.05, 4.69) is 4.98 Å². The van der Waals surface area contributed by atoms with Crippen LogP contribution in [0.4, 0.5) is 4.39 Å². The normalized spacial score (nSPS) is 10.5. The molecule has 1 aromatic carbocycles. The van der Waals surface area contributed by atoms with Crippen LogP contribution in [0.15, 0.2) is 18.2 Å². The van der Waals surface area contributed by atoms with Crippen LogP contribution in [0.25, 0.3) is 10.8 Å². The molecule has 0 atom stereocenters. The molecule has 0 bridgehead atoms. The van der Waals surface area contributed by atoms with E-state index in [1.165, 1.54) is 13.2 Å². The summed E-state index contributed by atoms with van der Waals surface area (Å²) in [7, 11) is 7.00. The summed E-state index contributed by atoms with van der Waals surface area (Å²) in [5.41, 5.74) is 0.0444. The highest BCUT2D eigenvalue weighted by Crippen LogP contribution is 2.27. The zero-order chi connectivity index (χ0) is 11.0. The van der Waals surface area contributed by atoms with Gasteiger partial charge in [-0.25, -0.2) is 4.98 Å². The van der Waals surface area contributed by atoms with Gasteiger partial charge in [0.25, 0.3) is 5.95 Å². The van der Waals surface area contributed by atoms with Crippen molar-refractivity contribution in [3.05, 3.63) is 24.1 Å². The Bertz CT molecular complexity index is 530. The molecule has 0 spiro atoms. The Balaban J connectivity index is 2.85. The van der Waals surface area contributed by atoms with Crippen molar-refractivity contribution in [1.29, 1.82) is 0 Å². The van der Waals surface area contributed by atoms with Gasteiger partial charge in [0, 0.05) is 5.39 Å². The van der Waals surface area contributed by atoms with Crippen molar-refractivity contribution in [2.45, 2.75) is 0 Å². The van der Waals surface area contributed by atoms with Gasteiger partial charge in [-0.1, -0.05) is 0 Å². The SMILES string of the molecule is [B]c1nc(F)c(O)c2cc(OC)ccc12. The number of rotatable bonds is 1. The topological polar surface area (TPSA) is 42.4 Å². The summed E-state index contributed by atoms with van der Waals surface area (Å²) in [5, 5.41) is 10.2. The molecule has 2 aromatic rings. The van der Waals surface area contributed by atoms with E-state index in [1.807, 2.05) is 0 Å². The summed E-state index contributed by atoms with van der Waals surface area (Å²) in [6.45, 7) is 0. The highest BCUT2D eigenvalue weighted by atomic mass is 19.1. The highest BCUT2D eigenvalue weighted by molar-refractivity contribution is 6.37. The first-order valence-corrected chi connectivity index (χ1v) is 4.25. The maximum atomic E-state index is 13.1. The van der Waals surface area contributed by atoms with Crippen LogP contribution in [-0.2, 0) is 0 Å². The lowest BCUT2D eigenvalue weighted by Crippen LogP contribution is -2.11. The van der Waals surface area contributed by atoms with Crippen LogP contribution >= 0.6 is 0 Å². The second kappa shape index (κ2) is 3.42. The highest BCUT2D eigenvalue weighted by Gasteiger charge is 2.10. The summed E-state index contributed by atoms with van der Waals surface area (Å²) in [4.78, 5) is 3.38. The summed E-state index contributed by atoms with van der Waals surface area (Å²) >= 11 is 0. The van der Waals surface area contributed by atoms with Gasteiger partial charge in [-0.15, -0.1) is 0 Å². The minimum Gasteiger partial charge on any atom is -0.503 e. The van der Waals surface area contributed by atoms with E-state index in [1.54, 1.807) is 12.1 Å². The number of aromatic hydroxyl groups is 1. The smallest absolute Gasteiger partial charge is 0.255 e. The third-order valence-electron chi connectivity index (χ3n) is 2.17. The Labute approximate surface area is 86.9 Å². The Morgan fingerprint density at radius 1 is 1.40 bits per heavy atom. The van der Waals surface area contributed by atoms with Gasteiger partial charge in [-0.05, 0) is 29.2 Å². The zero-order valence-corrected chi connectivity index (χ0v) is 7.99. The van der Waals surface area contributed by atoms with Gasteiger partial charge in [-0.2, -0.15) is 4.39 Å². The molecule has 2 rings (SSSR count). The van der Waals surface area contributed by atoms with Gasteiger partial charge in [0.1, 0.15) is 13.6 Å². The number of aromatic nitrogens is 1. The van der Waals surface area contributed by atoms with Crippen LogP contribution in [0, 0.1) is 5.95 Å². The van der Waals surface area contributed by atoms with Gasteiger partial charge >= 0.3 is 0 Å². The van der Waals surface area contributed by atoms with Gasteiger partial charge < -0.3 is 9.84 Å². The number of nitrogens with zero attached hydrogens (tertiary/aromatic N) is 1. The predicted molar refractivity (Wildman–Crippen MR) is 55.3 cm³/mol. The lowest BCUT2D eigenvalue weighted by molar-refractivity contribution is 0.413. The van der Waals surface area contributed by atoms with Crippen molar-refractivity contribution < 1.29 is 14.2 Å². The van der Waals surface area contributed by atoms with Crippen molar-refractivity contribution in [3.8, 4) is 11.5 Å². The van der Waals surface area contributed by atoms with E-state index in [0.717, 1.165) is 0 Å². The quantitative estimate of drug-likeness (QED) is 0.552. The lowest BCUT2D eigenvalue weighted by Gasteiger charge is -2.07. The minimum atomic E-state index is -0.978. The average molecular weight is 203 g/mol. The van der Waals surface area contributed by atoms with E-state index >= 15 is 0 Å². The number of hydrogen-bond acceptors (Lipinski definition) is 3. The van der Waals surface area contributed by atoms with Crippen molar-refractivity contribution >= 4 is 24.2 Å². The lowest BCUT2D eigenvalue weighted by atomic mass is 9.96. The van der Waals surface area contributed by atoms with Crippen LogP contribution in [0.2, 0.25) is 0 Å². The monoisotopic (exact) mass is 203 g/mol. The fourth-order valence-electron chi connectivity index (χ4n) is 1.40. The van der Waals surface area contributed by atoms with Crippen LogP contribution in [0.1, 0.15) is 0 Å². The molecule has 1 N–H and O–H groups in total. The molecule has 74 valence electrons. The molecule has 0 aliphatic carbocycles. The Morgan fingerprint density at radius 2 is 2.13 bits per heavy atom. The first-order valence-electron chi connectivity index (χ1n) is 4.25. The number of hydrogen-bond donors (Lipinski definition) is 1. The van der Waals surface area contributed by atoms with E-state index in [0.29, 0.717) is 16.5 Å². The van der Waals surface area contributed by atoms with Crippen molar-refractivity contribution in [1.82, 2.24) is 4.98 Å². The molecular weight excluding hydrogens is 196 g/mol. The van der Waals surface area contributed by atoms with Gasteiger partial charge in [0.05, 0.1) is 7.11 Å². The van der Waals surface area contributed by atoms with Crippen LogP contribution in [0.5, 0.6) is 11.5 Å². The summed E-state index contributed by atoms with van der Waals surface area (Å²) in [6, 6.07) is 4.79. The summed E-state index contributed by atoms with van der Waals surface area (Å²) in [6.07, 6.45) is 0. The Hall–Kier alpha value is -1.78. The maximum absolute atomic E-state index is 13.1. The molecule has 1 heterocycles. The average Bonchev–Trinajstić information content (AvgIpc) is 2.25. The second-order valence-corrected chi connectivity index (χ2v) is 3.05. The molecule has 0 fully saturated rings. The van der Waals surface area contributed by atoms with Crippen LogP contribution in [-0.4, -0.2) is 25.0 Å². The Morgan fingerprint density at radius 3 is 2.80 bits per heavy atom. The largest absolute Gasteiger partial charge is 0.503 e. The molecule has 3 nitrogen and oxygen atoms in total. The molecule has 2 radical (unpaired) electrons. The number of ether oxygens (including phenoxy) is 1. The van der Waals surface area contributed by atoms with E-state index < -0.39 is 11.7 Å². The number of benzene rings is 1. The van der Waals surface area contributed by atoms with Gasteiger partial charge in [0.15, 0.2) is 5.75 Å². The minimum absolute atomic E-state index is 0.0444. The van der Waals surface area contributed by atoms with Crippen molar-refractivity contribution in [2.24, 2.45) is 0 Å². The molecule has 1 aromatic heterocycles. The van der Waals surface area contributed by atoms with Gasteiger partial charge in [-0.3, -0.25) is 0 Å². The number of pyridine rings is 1. The Kier molecular flexibility index (Phi) is 2.23. The van der Waals surface area contributed by atoms with E-state index in [9.17, 15) is 9.50 Å². The molecule has 5 heteroatoms. The fourth-order valence-corrected chi connectivity index (χ4v) is 1.40. The second-order valence-electron chi connectivity index (χ2n) is 3.05. The number of fused-ring (bicyclic) bond motifs is 1. The first-order chi connectivity index (χ1) is 7.13. The molecule has 0 saturated carbocycles. The third-order valence-corrected chi connectivity index (χ3v) is 2.17. The van der Waals surface area contributed by atoms with Crippen LogP contribution < -0.4 is 10.3 Å². The van der Waals surface area contributed by atoms with Crippen molar-refractivity contribution in [3.63, 3.8) is 0 Å². The van der Waals surface area contributed by atoms with E-state index in [-0.39, 0.29) is 5.59 Å². The van der Waals surface area contributed by atoms with Crippen molar-refractivity contribution in [2.75, 3.05) is 7.11 Å². The summed E-state index contributed by atoms with van der Waals surface area (Å²) < 4.78 is 18.0. The van der Waals surface area contributed by atoms with Crippen LogP contribution in [0.3, 0.4) is 0 Å². The third kappa shape index (κ3) is 1.50. The zero-order valence-electron chi connectivity index (χ0n) is 7.99. The number of halogens is 1. The molecule has 15 heavy (non-hydrogen) atoms. The molecule has 0 aliphatic heterocycles. The number of methoxy groups -OCH3 is 1. The first kappa shape index (κ1) is 9.77. The molecule has 0 aliphatic rings. The van der Waals surface area contributed by atoms with Gasteiger partial charge in [0.2, 0.25) is 0 Å². The molecular formula is C10H7BFNO2. The molecule has 0 unspecified atom stereocenters. The molecule has 0 amide bonds. The maximum Gasteiger partial charge on any atom is 0.255 e. The van der Waals surface area contributed by atoms with E-state index in [4.69, 9.17) is 12.6 Å². The molecule has 0 saturated heterocycles. The summed E-state index contributed by atoms with van der Waals surface area (Å²) in [5.74, 6) is -0.978. The predicted octanol–water partition coefficient (Wildman–Crippen LogP) is 0.882. The standard InChI is InChI=1S/C10H7BFNO2/c1-15-5-2-3-6-7(4-5)8(14)10(12)13-9(6)11/h2-4,14H,1H3. The fraction of sp³-hybridized carbons (Fsp3) is 0.100.